The molecular formula is C11H16BrClN2O3S. The van der Waals surface area contributed by atoms with E-state index in [1.165, 1.54) is 19.2 Å². The van der Waals surface area contributed by atoms with E-state index < -0.39 is 10.0 Å². The number of ether oxygens (including phenoxy) is 1. The van der Waals surface area contributed by atoms with Crippen LogP contribution >= 0.6 is 27.5 Å². The van der Waals surface area contributed by atoms with Gasteiger partial charge in [0.15, 0.2) is 0 Å². The van der Waals surface area contributed by atoms with E-state index in [1.54, 1.807) is 0 Å². The molecule has 3 N–H and O–H groups in total. The Labute approximate surface area is 126 Å². The number of hydrogen-bond donors (Lipinski definition) is 2. The second-order valence-corrected chi connectivity index (χ2v) is 7.08. The van der Waals surface area contributed by atoms with Crippen LogP contribution in [0.5, 0.6) is 5.75 Å². The summed E-state index contributed by atoms with van der Waals surface area (Å²) in [6.45, 7) is 2.09. The predicted octanol–water partition coefficient (Wildman–Crippen LogP) is 2.13. The molecule has 19 heavy (non-hydrogen) atoms. The lowest BCUT2D eigenvalue weighted by molar-refractivity contribution is 0.414. The minimum absolute atomic E-state index is 0.0643. The fourth-order valence-electron chi connectivity index (χ4n) is 1.37. The molecule has 0 amide bonds. The highest BCUT2D eigenvalue weighted by Crippen LogP contribution is 2.33. The van der Waals surface area contributed by atoms with Crippen LogP contribution in [0.3, 0.4) is 0 Å². The van der Waals surface area contributed by atoms with E-state index in [4.69, 9.17) is 22.1 Å². The minimum Gasteiger partial charge on any atom is -0.495 e. The number of nitrogens with one attached hydrogen (secondary N) is 1. The van der Waals surface area contributed by atoms with Crippen molar-refractivity contribution in [3.63, 3.8) is 0 Å². The third-order valence-corrected chi connectivity index (χ3v) is 5.10. The second-order valence-electron chi connectivity index (χ2n) is 4.08. The van der Waals surface area contributed by atoms with Gasteiger partial charge in [-0.25, -0.2) is 13.1 Å². The molecule has 0 aliphatic carbocycles. The summed E-state index contributed by atoms with van der Waals surface area (Å²) in [5.41, 5.74) is 5.57. The second kappa shape index (κ2) is 6.90. The molecule has 8 heteroatoms. The summed E-state index contributed by atoms with van der Waals surface area (Å²) in [5, 5.41) is 0.235. The van der Waals surface area contributed by atoms with Gasteiger partial charge in [0, 0.05) is 17.1 Å². The van der Waals surface area contributed by atoms with Gasteiger partial charge in [-0.05, 0) is 41.4 Å². The zero-order chi connectivity index (χ0) is 14.6. The van der Waals surface area contributed by atoms with Gasteiger partial charge in [0.05, 0.1) is 17.0 Å². The van der Waals surface area contributed by atoms with Crippen molar-refractivity contribution in [3.8, 4) is 5.75 Å². The first-order chi connectivity index (χ1) is 8.77. The highest BCUT2D eigenvalue weighted by atomic mass is 79.9. The molecule has 1 rings (SSSR count). The van der Waals surface area contributed by atoms with Crippen molar-refractivity contribution >= 4 is 37.6 Å². The van der Waals surface area contributed by atoms with Gasteiger partial charge < -0.3 is 10.5 Å². The Morgan fingerprint density at radius 1 is 1.53 bits per heavy atom. The monoisotopic (exact) mass is 370 g/mol. The molecular weight excluding hydrogens is 356 g/mol. The maximum atomic E-state index is 12.1. The number of hydrogen-bond acceptors (Lipinski definition) is 4. The smallest absolute Gasteiger partial charge is 0.241 e. The third-order valence-electron chi connectivity index (χ3n) is 2.39. The van der Waals surface area contributed by atoms with Crippen molar-refractivity contribution in [1.82, 2.24) is 4.72 Å². The van der Waals surface area contributed by atoms with Gasteiger partial charge >= 0.3 is 0 Å². The van der Waals surface area contributed by atoms with Crippen molar-refractivity contribution in [1.29, 1.82) is 0 Å². The lowest BCUT2D eigenvalue weighted by Gasteiger charge is -2.11. The topological polar surface area (TPSA) is 81.4 Å². The Morgan fingerprint density at radius 2 is 2.16 bits per heavy atom. The molecule has 0 spiro atoms. The van der Waals surface area contributed by atoms with Crippen LogP contribution in [0.4, 0.5) is 0 Å². The molecule has 0 radical (unpaired) electrons. The molecule has 0 bridgehead atoms. The standard InChI is InChI=1S/C11H16BrClN2O3S/c1-7(14)3-4-15-19(16,17)11-6-9(13)10(18-2)5-8(11)12/h5-7,15H,3-4,14H2,1-2H3. The molecule has 1 aromatic carbocycles. The molecule has 0 aliphatic rings. The molecule has 1 atom stereocenters. The van der Waals surface area contributed by atoms with E-state index in [-0.39, 0.29) is 22.5 Å². The summed E-state index contributed by atoms with van der Waals surface area (Å²) in [6.07, 6.45) is 0.556. The Bertz CT molecular complexity index is 549. The van der Waals surface area contributed by atoms with Gasteiger partial charge in [-0.2, -0.15) is 0 Å². The largest absolute Gasteiger partial charge is 0.495 e. The summed E-state index contributed by atoms with van der Waals surface area (Å²) in [6, 6.07) is 2.80. The van der Waals surface area contributed by atoms with E-state index in [1.807, 2.05) is 6.92 Å². The highest BCUT2D eigenvalue weighted by Gasteiger charge is 2.19. The number of rotatable bonds is 6. The zero-order valence-corrected chi connectivity index (χ0v) is 13.8. The number of sulfonamides is 1. The third kappa shape index (κ3) is 4.61. The molecule has 1 aromatic rings. The first kappa shape index (κ1) is 16.7. The van der Waals surface area contributed by atoms with Crippen molar-refractivity contribution in [2.24, 2.45) is 5.73 Å². The zero-order valence-electron chi connectivity index (χ0n) is 10.6. The number of benzene rings is 1. The number of nitrogens with two attached hydrogens (primary N) is 1. The van der Waals surface area contributed by atoms with Crippen LogP contribution in [0.15, 0.2) is 21.5 Å². The van der Waals surface area contributed by atoms with Crippen molar-refractivity contribution in [2.45, 2.75) is 24.3 Å². The fourth-order valence-corrected chi connectivity index (χ4v) is 3.77. The lowest BCUT2D eigenvalue weighted by atomic mass is 10.3. The van der Waals surface area contributed by atoms with Gasteiger partial charge in [-0.1, -0.05) is 11.6 Å². The lowest BCUT2D eigenvalue weighted by Crippen LogP contribution is -2.29. The van der Waals surface area contributed by atoms with Crippen LogP contribution < -0.4 is 15.2 Å². The van der Waals surface area contributed by atoms with Crippen molar-refractivity contribution in [2.75, 3.05) is 13.7 Å². The first-order valence-corrected chi connectivity index (χ1v) is 8.21. The Balaban J connectivity index is 2.98. The summed E-state index contributed by atoms with van der Waals surface area (Å²) < 4.78 is 32.1. The summed E-state index contributed by atoms with van der Waals surface area (Å²) in [7, 11) is -2.17. The molecule has 0 heterocycles. The fraction of sp³-hybridized carbons (Fsp3) is 0.455. The molecule has 0 fully saturated rings. The van der Waals surface area contributed by atoms with Crippen LogP contribution in [0.25, 0.3) is 0 Å². The van der Waals surface area contributed by atoms with E-state index in [9.17, 15) is 8.42 Å². The highest BCUT2D eigenvalue weighted by molar-refractivity contribution is 9.10. The van der Waals surface area contributed by atoms with Gasteiger partial charge in [-0.15, -0.1) is 0 Å². The number of halogens is 2. The Kier molecular flexibility index (Phi) is 6.07. The van der Waals surface area contributed by atoms with Gasteiger partial charge in [0.25, 0.3) is 0 Å². The minimum atomic E-state index is -3.63. The predicted molar refractivity (Wildman–Crippen MR) is 79.2 cm³/mol. The van der Waals surface area contributed by atoms with E-state index in [0.29, 0.717) is 16.6 Å². The van der Waals surface area contributed by atoms with Crippen LogP contribution in [0, 0.1) is 0 Å². The quantitative estimate of drug-likeness (QED) is 0.802. The maximum absolute atomic E-state index is 12.1. The summed E-state index contributed by atoms with van der Waals surface area (Å²) >= 11 is 9.13. The van der Waals surface area contributed by atoms with Crippen molar-refractivity contribution in [3.05, 3.63) is 21.6 Å². The normalized spacial score (nSPS) is 13.3. The molecule has 0 saturated heterocycles. The van der Waals surface area contributed by atoms with Crippen LogP contribution in [-0.4, -0.2) is 28.1 Å². The van der Waals surface area contributed by atoms with Gasteiger partial charge in [-0.3, -0.25) is 0 Å². The van der Waals surface area contributed by atoms with E-state index in [0.717, 1.165) is 0 Å². The van der Waals surface area contributed by atoms with Gasteiger partial charge in [0.2, 0.25) is 10.0 Å². The average Bonchev–Trinajstić information content (AvgIpc) is 2.30. The van der Waals surface area contributed by atoms with Crippen LogP contribution in [0.1, 0.15) is 13.3 Å². The molecule has 0 saturated carbocycles. The van der Waals surface area contributed by atoms with Crippen molar-refractivity contribution < 1.29 is 13.2 Å². The maximum Gasteiger partial charge on any atom is 0.241 e. The van der Waals surface area contributed by atoms with E-state index in [2.05, 4.69) is 20.7 Å². The first-order valence-electron chi connectivity index (χ1n) is 5.56. The summed E-state index contributed by atoms with van der Waals surface area (Å²) in [4.78, 5) is 0.0722. The van der Waals surface area contributed by atoms with Crippen LogP contribution in [-0.2, 0) is 10.0 Å². The summed E-state index contributed by atoms with van der Waals surface area (Å²) in [5.74, 6) is 0.406. The number of methoxy groups -OCH3 is 1. The average molecular weight is 372 g/mol. The molecule has 108 valence electrons. The SMILES string of the molecule is COc1cc(Br)c(S(=O)(=O)NCCC(C)N)cc1Cl. The van der Waals surface area contributed by atoms with E-state index >= 15 is 0 Å². The molecule has 0 aromatic heterocycles. The molecule has 1 unspecified atom stereocenters. The Hall–Kier alpha value is -0.340. The van der Waals surface area contributed by atoms with Gasteiger partial charge in [0.1, 0.15) is 5.75 Å². The molecule has 0 aliphatic heterocycles. The molecule has 5 nitrogen and oxygen atoms in total. The Morgan fingerprint density at radius 3 is 2.68 bits per heavy atom. The van der Waals surface area contributed by atoms with Crippen LogP contribution in [0.2, 0.25) is 5.02 Å².